The topological polar surface area (TPSA) is 26.3 Å². The van der Waals surface area contributed by atoms with E-state index in [1.807, 2.05) is 55.5 Å². The van der Waals surface area contributed by atoms with Crippen molar-refractivity contribution in [2.75, 3.05) is 6.61 Å². The Labute approximate surface area is 120 Å². The summed E-state index contributed by atoms with van der Waals surface area (Å²) in [6.45, 7) is 4.23. The van der Waals surface area contributed by atoms with Crippen molar-refractivity contribution < 1.29 is 9.53 Å². The summed E-state index contributed by atoms with van der Waals surface area (Å²) in [5.41, 5.74) is 3.10. The molecule has 0 aliphatic rings. The van der Waals surface area contributed by atoms with E-state index in [4.69, 9.17) is 4.74 Å². The van der Waals surface area contributed by atoms with Crippen LogP contribution in [0.5, 0.6) is 5.75 Å². The summed E-state index contributed by atoms with van der Waals surface area (Å²) in [5, 5.41) is 0. The molecule has 0 amide bonds. The van der Waals surface area contributed by atoms with Gasteiger partial charge in [-0.25, -0.2) is 0 Å². The third kappa shape index (κ3) is 3.95. The van der Waals surface area contributed by atoms with Crippen molar-refractivity contribution in [3.8, 4) is 5.75 Å². The van der Waals surface area contributed by atoms with Crippen LogP contribution >= 0.6 is 0 Å². The lowest BCUT2D eigenvalue weighted by atomic mass is 10.1. The van der Waals surface area contributed by atoms with Crippen LogP contribution in [0.15, 0.2) is 48.5 Å². The first-order valence-corrected chi connectivity index (χ1v) is 7.00. The minimum Gasteiger partial charge on any atom is -0.485 e. The van der Waals surface area contributed by atoms with E-state index >= 15 is 0 Å². The maximum Gasteiger partial charge on any atom is 0.200 e. The third-order valence-corrected chi connectivity index (χ3v) is 3.17. The van der Waals surface area contributed by atoms with Crippen LogP contribution in [0.4, 0.5) is 0 Å². The number of hydrogen-bond acceptors (Lipinski definition) is 2. The molecule has 104 valence electrons. The Kier molecular flexibility index (Phi) is 4.94. The second-order valence-electron chi connectivity index (χ2n) is 4.98. The van der Waals surface area contributed by atoms with E-state index in [1.54, 1.807) is 0 Å². The highest BCUT2D eigenvalue weighted by Crippen LogP contribution is 2.13. The molecule has 2 heteroatoms. The Bertz CT molecular complexity index is 570. The molecule has 0 heterocycles. The van der Waals surface area contributed by atoms with E-state index in [9.17, 15) is 4.79 Å². The summed E-state index contributed by atoms with van der Waals surface area (Å²) >= 11 is 0. The number of carbonyl (C=O) groups is 1. The average Bonchev–Trinajstić information content (AvgIpc) is 2.46. The van der Waals surface area contributed by atoms with Crippen LogP contribution in [0.2, 0.25) is 0 Å². The van der Waals surface area contributed by atoms with Crippen LogP contribution in [0.1, 0.15) is 34.8 Å². The first kappa shape index (κ1) is 14.3. The molecule has 0 radical (unpaired) electrons. The van der Waals surface area contributed by atoms with Crippen LogP contribution in [-0.4, -0.2) is 12.4 Å². The van der Waals surface area contributed by atoms with Crippen LogP contribution in [-0.2, 0) is 6.42 Å². The van der Waals surface area contributed by atoms with Gasteiger partial charge in [0, 0.05) is 5.56 Å². The highest BCUT2D eigenvalue weighted by molar-refractivity contribution is 5.97. The number of carbonyl (C=O) groups excluding carboxylic acids is 1. The molecule has 2 rings (SSSR count). The van der Waals surface area contributed by atoms with Gasteiger partial charge in [0.15, 0.2) is 12.4 Å². The fourth-order valence-electron chi connectivity index (χ4n) is 2.08. The summed E-state index contributed by atoms with van der Waals surface area (Å²) < 4.78 is 5.53. The van der Waals surface area contributed by atoms with E-state index < -0.39 is 0 Å². The molecule has 2 aromatic carbocycles. The zero-order valence-corrected chi connectivity index (χ0v) is 12.1. The smallest absolute Gasteiger partial charge is 0.200 e. The van der Waals surface area contributed by atoms with Gasteiger partial charge >= 0.3 is 0 Å². The molecule has 20 heavy (non-hydrogen) atoms. The highest BCUT2D eigenvalue weighted by atomic mass is 16.5. The van der Waals surface area contributed by atoms with Crippen molar-refractivity contribution in [3.63, 3.8) is 0 Å². The molecule has 0 fully saturated rings. The predicted molar refractivity (Wildman–Crippen MR) is 81.4 cm³/mol. The number of rotatable bonds is 6. The van der Waals surface area contributed by atoms with Crippen LogP contribution in [0, 0.1) is 6.92 Å². The third-order valence-electron chi connectivity index (χ3n) is 3.17. The molecule has 0 saturated heterocycles. The summed E-state index contributed by atoms with van der Waals surface area (Å²) in [7, 11) is 0. The predicted octanol–water partition coefficient (Wildman–Crippen LogP) is 4.21. The number of aryl methyl sites for hydroxylation is 2. The molecule has 0 N–H and O–H groups in total. The number of Topliss-reactive ketones (excluding diaryl/α,β-unsaturated/α-hetero) is 1. The van der Waals surface area contributed by atoms with Gasteiger partial charge in [0.2, 0.25) is 0 Å². The van der Waals surface area contributed by atoms with E-state index in [2.05, 4.69) is 6.92 Å². The summed E-state index contributed by atoms with van der Waals surface area (Å²) in [5.74, 6) is 0.746. The van der Waals surface area contributed by atoms with E-state index in [0.717, 1.165) is 24.2 Å². The Morgan fingerprint density at radius 1 is 1.10 bits per heavy atom. The Morgan fingerprint density at radius 2 is 1.85 bits per heavy atom. The fraction of sp³-hybridized carbons (Fsp3) is 0.278. The number of hydrogen-bond donors (Lipinski definition) is 0. The van der Waals surface area contributed by atoms with Gasteiger partial charge in [-0.2, -0.15) is 0 Å². The van der Waals surface area contributed by atoms with Gasteiger partial charge in [-0.15, -0.1) is 0 Å². The number of ether oxygens (including phenoxy) is 1. The largest absolute Gasteiger partial charge is 0.485 e. The number of benzene rings is 2. The Hall–Kier alpha value is -2.09. The molecule has 0 unspecified atom stereocenters. The summed E-state index contributed by atoms with van der Waals surface area (Å²) in [6.07, 6.45) is 2.16. The molecule has 0 spiro atoms. The van der Waals surface area contributed by atoms with E-state index in [0.29, 0.717) is 5.56 Å². The summed E-state index contributed by atoms with van der Waals surface area (Å²) in [6, 6.07) is 15.5. The second kappa shape index (κ2) is 6.90. The maximum absolute atomic E-state index is 12.0. The quantitative estimate of drug-likeness (QED) is 0.734. The van der Waals surface area contributed by atoms with Crippen LogP contribution < -0.4 is 4.74 Å². The van der Waals surface area contributed by atoms with Crippen LogP contribution in [0.3, 0.4) is 0 Å². The molecule has 0 atom stereocenters. The lowest BCUT2D eigenvalue weighted by Gasteiger charge is -2.07. The first-order valence-electron chi connectivity index (χ1n) is 7.00. The Balaban J connectivity index is 1.94. The minimum absolute atomic E-state index is 0.00885. The van der Waals surface area contributed by atoms with Crippen molar-refractivity contribution in [2.24, 2.45) is 0 Å². The van der Waals surface area contributed by atoms with E-state index in [1.165, 1.54) is 5.56 Å². The molecule has 0 aliphatic carbocycles. The van der Waals surface area contributed by atoms with Crippen molar-refractivity contribution >= 4 is 5.78 Å². The van der Waals surface area contributed by atoms with Crippen molar-refractivity contribution in [2.45, 2.75) is 26.7 Å². The van der Waals surface area contributed by atoms with Gasteiger partial charge in [0.05, 0.1) is 0 Å². The van der Waals surface area contributed by atoms with Crippen molar-refractivity contribution in [1.82, 2.24) is 0 Å². The minimum atomic E-state index is 0.00885. The van der Waals surface area contributed by atoms with Gasteiger partial charge in [-0.05, 0) is 36.6 Å². The molecule has 0 aromatic heterocycles. The van der Waals surface area contributed by atoms with Gasteiger partial charge in [-0.1, -0.05) is 49.7 Å². The normalized spacial score (nSPS) is 10.3. The van der Waals surface area contributed by atoms with Gasteiger partial charge in [-0.3, -0.25) is 4.79 Å². The molecular formula is C18H20O2. The zero-order chi connectivity index (χ0) is 14.4. The summed E-state index contributed by atoms with van der Waals surface area (Å²) in [4.78, 5) is 12.0. The van der Waals surface area contributed by atoms with Gasteiger partial charge in [0.1, 0.15) is 5.75 Å². The highest BCUT2D eigenvalue weighted by Gasteiger charge is 2.07. The molecular weight excluding hydrogens is 248 g/mol. The molecule has 0 aliphatic heterocycles. The lowest BCUT2D eigenvalue weighted by molar-refractivity contribution is 0.0921. The maximum atomic E-state index is 12.0. The molecule has 2 nitrogen and oxygen atoms in total. The molecule has 0 saturated carbocycles. The average molecular weight is 268 g/mol. The van der Waals surface area contributed by atoms with Crippen LogP contribution in [0.25, 0.3) is 0 Å². The second-order valence-corrected chi connectivity index (χ2v) is 4.98. The van der Waals surface area contributed by atoms with E-state index in [-0.39, 0.29) is 12.4 Å². The zero-order valence-electron chi connectivity index (χ0n) is 12.1. The lowest BCUT2D eigenvalue weighted by Crippen LogP contribution is -2.11. The Morgan fingerprint density at radius 3 is 2.50 bits per heavy atom. The SMILES string of the molecule is CCCc1ccc(C(=O)COc2cccc(C)c2)cc1. The molecule has 2 aromatic rings. The van der Waals surface area contributed by atoms with Gasteiger partial charge in [0.25, 0.3) is 0 Å². The van der Waals surface area contributed by atoms with Gasteiger partial charge < -0.3 is 4.74 Å². The monoisotopic (exact) mass is 268 g/mol. The fourth-order valence-corrected chi connectivity index (χ4v) is 2.08. The molecule has 0 bridgehead atoms. The first-order chi connectivity index (χ1) is 9.69. The van der Waals surface area contributed by atoms with Crippen molar-refractivity contribution in [1.29, 1.82) is 0 Å². The van der Waals surface area contributed by atoms with Crippen molar-refractivity contribution in [3.05, 3.63) is 65.2 Å². The standard InChI is InChI=1S/C18H20O2/c1-3-5-15-8-10-16(11-9-15)18(19)13-20-17-7-4-6-14(2)12-17/h4,6-12H,3,5,13H2,1-2H3. The number of ketones is 1.